The molecule has 0 saturated carbocycles. The van der Waals surface area contributed by atoms with Crippen LogP contribution in [0, 0.1) is 0 Å². The Hall–Kier alpha value is -1.05. The lowest BCUT2D eigenvalue weighted by molar-refractivity contribution is -0.366. The van der Waals surface area contributed by atoms with E-state index in [0.29, 0.717) is 0 Å². The molecular weight excluding hydrogens is 432 g/mol. The van der Waals surface area contributed by atoms with Crippen LogP contribution in [0.3, 0.4) is 0 Å². The maximum absolute atomic E-state index is 11.5. The number of carbonyl (C=O) groups is 1. The maximum Gasteiger partial charge on any atom is 0.335 e. The Kier molecular flexibility index (Phi) is 7.80. The highest BCUT2D eigenvalue weighted by atomic mass is 16.7. The van der Waals surface area contributed by atoms with Crippen molar-refractivity contribution in [1.29, 1.82) is 0 Å². The van der Waals surface area contributed by atoms with Gasteiger partial charge in [-0.3, -0.25) is 0 Å². The van der Waals surface area contributed by atoms with Gasteiger partial charge in [-0.1, -0.05) is 0 Å². The molecule has 3 fully saturated rings. The van der Waals surface area contributed by atoms with Crippen molar-refractivity contribution in [2.45, 2.75) is 79.9 Å². The average molecular weight is 458 g/mol. The Labute approximate surface area is 174 Å². The maximum atomic E-state index is 11.5. The standard InChI is InChI=1S/C16H26O15/c17-3-1-27-15(7(21)5(3)19)30-10-9(23)11(14(26)29-12(10)13(24)25)31-16-8(22)6(20)4(18)2-28-16/h3-12,14-23,26H,1-2H2,(H,24,25)/t3-,4-,5+,6+,7-,8-,9+,10+,11-,12+,14?,15+,16+/m1/s1. The molecule has 0 spiro atoms. The quantitative estimate of drug-likeness (QED) is 0.186. The van der Waals surface area contributed by atoms with Gasteiger partial charge in [-0.15, -0.1) is 0 Å². The van der Waals surface area contributed by atoms with E-state index in [1.54, 1.807) is 0 Å². The van der Waals surface area contributed by atoms with Crippen LogP contribution in [0.15, 0.2) is 0 Å². The summed E-state index contributed by atoms with van der Waals surface area (Å²) in [7, 11) is 0. The zero-order valence-corrected chi connectivity index (χ0v) is 15.9. The van der Waals surface area contributed by atoms with Crippen LogP contribution >= 0.6 is 0 Å². The molecular formula is C16H26O15. The van der Waals surface area contributed by atoms with E-state index in [0.717, 1.165) is 0 Å². The van der Waals surface area contributed by atoms with E-state index >= 15 is 0 Å². The highest BCUT2D eigenvalue weighted by Gasteiger charge is 2.53. The second kappa shape index (κ2) is 9.84. The fraction of sp³-hybridized carbons (Fsp3) is 0.938. The summed E-state index contributed by atoms with van der Waals surface area (Å²) in [5, 5.41) is 88.6. The number of hydrogen-bond donors (Lipinski definition) is 9. The van der Waals surface area contributed by atoms with Crippen molar-refractivity contribution in [3.63, 3.8) is 0 Å². The van der Waals surface area contributed by atoms with Gasteiger partial charge in [-0.2, -0.15) is 0 Å². The molecule has 13 atom stereocenters. The van der Waals surface area contributed by atoms with Crippen molar-refractivity contribution in [2.75, 3.05) is 13.2 Å². The Bertz CT molecular complexity index is 620. The zero-order valence-electron chi connectivity index (χ0n) is 15.9. The van der Waals surface area contributed by atoms with E-state index in [4.69, 9.17) is 23.7 Å². The van der Waals surface area contributed by atoms with Crippen molar-refractivity contribution >= 4 is 5.97 Å². The summed E-state index contributed by atoms with van der Waals surface area (Å²) in [6.45, 7) is -0.905. The minimum absolute atomic E-state index is 0.442. The Balaban J connectivity index is 1.75. The normalized spacial score (nSPS) is 51.4. The number of hydrogen-bond acceptors (Lipinski definition) is 14. The first-order chi connectivity index (χ1) is 14.5. The highest BCUT2D eigenvalue weighted by Crippen LogP contribution is 2.30. The van der Waals surface area contributed by atoms with Gasteiger partial charge >= 0.3 is 5.97 Å². The lowest BCUT2D eigenvalue weighted by Gasteiger charge is -2.45. The molecule has 0 bridgehead atoms. The SMILES string of the molecule is O=C(O)[C@H]1OC(O)[C@H](O[C@@H]2OC[C@@H](O)[C@H](O)[C@H]2O)[C@@H](O)[C@@H]1O[C@@H]1OC[C@@H](O)[C@H](O)[C@H]1O. The van der Waals surface area contributed by atoms with Crippen molar-refractivity contribution in [2.24, 2.45) is 0 Å². The molecule has 31 heavy (non-hydrogen) atoms. The van der Waals surface area contributed by atoms with Gasteiger partial charge in [0.1, 0.15) is 54.9 Å². The molecule has 15 nitrogen and oxygen atoms in total. The largest absolute Gasteiger partial charge is 0.479 e. The van der Waals surface area contributed by atoms with Crippen molar-refractivity contribution < 1.29 is 74.4 Å². The molecule has 9 N–H and O–H groups in total. The molecule has 0 aromatic carbocycles. The molecule has 180 valence electrons. The first-order valence-corrected chi connectivity index (χ1v) is 9.39. The molecule has 0 aromatic rings. The molecule has 3 aliphatic heterocycles. The number of rotatable bonds is 5. The third-order valence-corrected chi connectivity index (χ3v) is 5.27. The minimum atomic E-state index is -2.04. The fourth-order valence-electron chi connectivity index (χ4n) is 3.45. The van der Waals surface area contributed by atoms with Gasteiger partial charge in [-0.25, -0.2) is 4.79 Å². The van der Waals surface area contributed by atoms with E-state index in [1.807, 2.05) is 0 Å². The third kappa shape index (κ3) is 4.98. The van der Waals surface area contributed by atoms with Gasteiger partial charge in [-0.05, 0) is 0 Å². The first kappa shape index (κ1) is 24.6. The predicted molar refractivity (Wildman–Crippen MR) is 89.8 cm³/mol. The third-order valence-electron chi connectivity index (χ3n) is 5.27. The van der Waals surface area contributed by atoms with Gasteiger partial charge in [0.15, 0.2) is 25.0 Å². The average Bonchev–Trinajstić information content (AvgIpc) is 2.72. The topological polar surface area (TPSA) is 245 Å². The lowest BCUT2D eigenvalue weighted by Crippen LogP contribution is -2.65. The summed E-state index contributed by atoms with van der Waals surface area (Å²) in [6, 6.07) is 0. The minimum Gasteiger partial charge on any atom is -0.479 e. The number of aliphatic hydroxyl groups is 8. The van der Waals surface area contributed by atoms with Crippen molar-refractivity contribution in [1.82, 2.24) is 0 Å². The Morgan fingerprint density at radius 1 is 0.677 bits per heavy atom. The van der Waals surface area contributed by atoms with Crippen LogP contribution in [-0.2, 0) is 28.5 Å². The summed E-state index contributed by atoms with van der Waals surface area (Å²) < 4.78 is 25.6. The van der Waals surface area contributed by atoms with Crippen LogP contribution in [0.5, 0.6) is 0 Å². The summed E-state index contributed by atoms with van der Waals surface area (Å²) in [6.07, 6.45) is -22.6. The van der Waals surface area contributed by atoms with E-state index in [2.05, 4.69) is 0 Å². The van der Waals surface area contributed by atoms with E-state index < -0.39 is 99.1 Å². The van der Waals surface area contributed by atoms with Gasteiger partial charge in [0, 0.05) is 0 Å². The molecule has 0 aliphatic carbocycles. The first-order valence-electron chi connectivity index (χ1n) is 9.39. The van der Waals surface area contributed by atoms with E-state index in [-0.39, 0.29) is 0 Å². The summed E-state index contributed by atoms with van der Waals surface area (Å²) >= 11 is 0. The number of ether oxygens (including phenoxy) is 5. The van der Waals surface area contributed by atoms with Gasteiger partial charge in [0.25, 0.3) is 0 Å². The van der Waals surface area contributed by atoms with E-state index in [9.17, 15) is 50.8 Å². The van der Waals surface area contributed by atoms with Crippen LogP contribution in [-0.4, -0.2) is 145 Å². The summed E-state index contributed by atoms with van der Waals surface area (Å²) in [5.41, 5.74) is 0. The molecule has 3 rings (SSSR count). The monoisotopic (exact) mass is 458 g/mol. The number of aliphatic carboxylic acids is 1. The molecule has 3 aliphatic rings. The molecule has 15 heteroatoms. The molecule has 0 radical (unpaired) electrons. The van der Waals surface area contributed by atoms with Crippen LogP contribution in [0.25, 0.3) is 0 Å². The predicted octanol–water partition coefficient (Wildman–Crippen LogP) is -6.20. The van der Waals surface area contributed by atoms with Gasteiger partial charge in [0.05, 0.1) is 13.2 Å². The van der Waals surface area contributed by atoms with Crippen LogP contribution in [0.4, 0.5) is 0 Å². The van der Waals surface area contributed by atoms with Crippen LogP contribution < -0.4 is 0 Å². The molecule has 0 amide bonds. The highest BCUT2D eigenvalue weighted by molar-refractivity contribution is 5.73. The van der Waals surface area contributed by atoms with Crippen LogP contribution in [0.2, 0.25) is 0 Å². The number of carboxylic acid groups (broad SMARTS) is 1. The van der Waals surface area contributed by atoms with Gasteiger partial charge in [0.2, 0.25) is 0 Å². The smallest absolute Gasteiger partial charge is 0.335 e. The van der Waals surface area contributed by atoms with Crippen molar-refractivity contribution in [3.8, 4) is 0 Å². The number of carboxylic acids is 1. The van der Waals surface area contributed by atoms with E-state index in [1.165, 1.54) is 0 Å². The molecule has 0 aromatic heterocycles. The molecule has 3 heterocycles. The van der Waals surface area contributed by atoms with Gasteiger partial charge < -0.3 is 69.6 Å². The Morgan fingerprint density at radius 3 is 1.58 bits per heavy atom. The lowest BCUT2D eigenvalue weighted by atomic mass is 9.97. The molecule has 1 unspecified atom stereocenters. The van der Waals surface area contributed by atoms with Crippen molar-refractivity contribution in [3.05, 3.63) is 0 Å². The number of aliphatic hydroxyl groups excluding tert-OH is 8. The Morgan fingerprint density at radius 2 is 1.13 bits per heavy atom. The fourth-order valence-corrected chi connectivity index (χ4v) is 3.45. The summed E-state index contributed by atoms with van der Waals surface area (Å²) in [5.74, 6) is -1.65. The van der Waals surface area contributed by atoms with Crippen LogP contribution in [0.1, 0.15) is 0 Å². The molecule has 3 saturated heterocycles. The zero-order chi connectivity index (χ0) is 23.0. The second-order valence-electron chi connectivity index (χ2n) is 7.48. The second-order valence-corrected chi connectivity index (χ2v) is 7.48. The summed E-state index contributed by atoms with van der Waals surface area (Å²) in [4.78, 5) is 11.5.